The van der Waals surface area contributed by atoms with Gasteiger partial charge in [-0.2, -0.15) is 0 Å². The van der Waals surface area contributed by atoms with Gasteiger partial charge in [0.25, 0.3) is 0 Å². The van der Waals surface area contributed by atoms with E-state index in [2.05, 4.69) is 10.3 Å². The smallest absolute Gasteiger partial charge is 0.335 e. The molecule has 24 heavy (non-hydrogen) atoms. The van der Waals surface area contributed by atoms with Crippen molar-refractivity contribution in [1.82, 2.24) is 4.98 Å². The van der Waals surface area contributed by atoms with Gasteiger partial charge in [-0.25, -0.2) is 9.78 Å². The van der Waals surface area contributed by atoms with Gasteiger partial charge in [-0.05, 0) is 30.7 Å². The normalized spacial score (nSPS) is 11.7. The van der Waals surface area contributed by atoms with Crippen LogP contribution in [0.2, 0.25) is 0 Å². The number of rotatable bonds is 9. The number of amides is 1. The van der Waals surface area contributed by atoms with Crippen LogP contribution < -0.4 is 10.1 Å². The average Bonchev–Trinajstić information content (AvgIpc) is 3.04. The topological polar surface area (TPSA) is 106 Å². The number of hydrogen-bond acceptors (Lipinski definition) is 6. The Labute approximate surface area is 145 Å². The van der Waals surface area contributed by atoms with Crippen molar-refractivity contribution in [2.24, 2.45) is 0 Å². The molecular formula is C15H16N2O5S2. The number of ether oxygens (including phenoxy) is 1. The molecule has 0 saturated heterocycles. The Morgan fingerprint density at radius 1 is 1.29 bits per heavy atom. The lowest BCUT2D eigenvalue weighted by Crippen LogP contribution is -2.21. The van der Waals surface area contributed by atoms with Gasteiger partial charge in [0, 0.05) is 28.1 Å². The third-order valence-electron chi connectivity index (χ3n) is 2.86. The summed E-state index contributed by atoms with van der Waals surface area (Å²) < 4.78 is 17.3. The lowest BCUT2D eigenvalue weighted by atomic mass is 10.2. The van der Waals surface area contributed by atoms with Crippen LogP contribution in [-0.4, -0.2) is 44.3 Å². The maximum Gasteiger partial charge on any atom is 0.335 e. The number of carbonyl (C=O) groups excluding carboxylic acids is 1. The number of hydrogen-bond donors (Lipinski definition) is 2. The number of thiazole rings is 1. The van der Waals surface area contributed by atoms with Gasteiger partial charge in [0.2, 0.25) is 5.91 Å². The average molecular weight is 368 g/mol. The number of aromatic nitrogens is 1. The molecule has 0 radical (unpaired) electrons. The summed E-state index contributed by atoms with van der Waals surface area (Å²) >= 11 is 1.30. The van der Waals surface area contributed by atoms with Gasteiger partial charge in [-0.15, -0.1) is 11.3 Å². The summed E-state index contributed by atoms with van der Waals surface area (Å²) in [4.78, 5) is 26.3. The van der Waals surface area contributed by atoms with E-state index in [1.54, 1.807) is 23.7 Å². The fourth-order valence-electron chi connectivity index (χ4n) is 1.76. The molecule has 0 saturated carbocycles. The van der Waals surface area contributed by atoms with Crippen LogP contribution >= 0.6 is 11.3 Å². The van der Waals surface area contributed by atoms with Gasteiger partial charge in [0.1, 0.15) is 11.5 Å². The van der Waals surface area contributed by atoms with Crippen molar-refractivity contribution in [1.29, 1.82) is 0 Å². The Hall–Kier alpha value is -2.26. The van der Waals surface area contributed by atoms with E-state index in [1.165, 1.54) is 23.5 Å². The van der Waals surface area contributed by atoms with Gasteiger partial charge < -0.3 is 15.2 Å². The van der Waals surface area contributed by atoms with Crippen molar-refractivity contribution in [3.63, 3.8) is 0 Å². The fourth-order valence-corrected chi connectivity index (χ4v) is 3.26. The first-order valence-corrected chi connectivity index (χ1v) is 9.42. The second-order valence-electron chi connectivity index (χ2n) is 4.71. The molecule has 1 unspecified atom stereocenters. The second kappa shape index (κ2) is 9.14. The van der Waals surface area contributed by atoms with Crippen molar-refractivity contribution >= 4 is 39.1 Å². The van der Waals surface area contributed by atoms with Gasteiger partial charge in [0.15, 0.2) is 5.13 Å². The van der Waals surface area contributed by atoms with E-state index < -0.39 is 16.8 Å². The van der Waals surface area contributed by atoms with Crippen LogP contribution in [0.4, 0.5) is 5.13 Å². The van der Waals surface area contributed by atoms with E-state index in [0.717, 1.165) is 0 Å². The highest BCUT2D eigenvalue weighted by molar-refractivity contribution is 7.85. The Kier molecular flexibility index (Phi) is 6.89. The Balaban J connectivity index is 1.63. The monoisotopic (exact) mass is 368 g/mol. The maximum atomic E-state index is 11.8. The SMILES string of the molecule is O=C(CS(=O)CCCOc1ccc(C(=O)O)cc1)Nc1nccs1. The highest BCUT2D eigenvalue weighted by atomic mass is 32.2. The molecule has 0 aliphatic heterocycles. The third kappa shape index (κ3) is 6.09. The van der Waals surface area contributed by atoms with Crippen LogP contribution in [0.15, 0.2) is 35.8 Å². The van der Waals surface area contributed by atoms with Gasteiger partial charge >= 0.3 is 5.97 Å². The number of carboxylic acid groups (broad SMARTS) is 1. The minimum absolute atomic E-state index is 0.0765. The van der Waals surface area contributed by atoms with Gasteiger partial charge in [-0.3, -0.25) is 9.00 Å². The molecule has 2 N–H and O–H groups in total. The number of nitrogens with one attached hydrogen (secondary N) is 1. The summed E-state index contributed by atoms with van der Waals surface area (Å²) in [5.41, 5.74) is 0.190. The number of carboxylic acids is 1. The standard InChI is InChI=1S/C15H16N2O5S2/c18-13(17-15-16-6-8-23-15)10-24(21)9-1-7-22-12-4-2-11(3-5-12)14(19)20/h2-6,8H,1,7,9-10H2,(H,19,20)(H,16,17,18). The highest BCUT2D eigenvalue weighted by Gasteiger charge is 2.09. The third-order valence-corrected chi connectivity index (χ3v) is 4.87. The molecule has 0 spiro atoms. The van der Waals surface area contributed by atoms with Crippen molar-refractivity contribution in [3.05, 3.63) is 41.4 Å². The zero-order chi connectivity index (χ0) is 17.4. The lowest BCUT2D eigenvalue weighted by Gasteiger charge is -2.06. The van der Waals surface area contributed by atoms with E-state index in [4.69, 9.17) is 9.84 Å². The van der Waals surface area contributed by atoms with Crippen LogP contribution in [0.1, 0.15) is 16.8 Å². The Bertz CT molecular complexity index is 701. The molecule has 1 atom stereocenters. The van der Waals surface area contributed by atoms with Crippen molar-refractivity contribution in [2.45, 2.75) is 6.42 Å². The highest BCUT2D eigenvalue weighted by Crippen LogP contribution is 2.12. The molecule has 2 aromatic rings. The molecule has 128 valence electrons. The molecule has 0 aliphatic rings. The zero-order valence-electron chi connectivity index (χ0n) is 12.6. The molecule has 7 nitrogen and oxygen atoms in total. The summed E-state index contributed by atoms with van der Waals surface area (Å²) in [6.45, 7) is 0.340. The minimum Gasteiger partial charge on any atom is -0.494 e. The largest absolute Gasteiger partial charge is 0.494 e. The summed E-state index contributed by atoms with van der Waals surface area (Å²) in [5.74, 6) is -0.500. The summed E-state index contributed by atoms with van der Waals surface area (Å²) in [5, 5.41) is 13.6. The van der Waals surface area contributed by atoms with Crippen molar-refractivity contribution in [3.8, 4) is 5.75 Å². The van der Waals surface area contributed by atoms with Crippen molar-refractivity contribution in [2.75, 3.05) is 23.4 Å². The summed E-state index contributed by atoms with van der Waals surface area (Å²) in [7, 11) is -1.27. The molecule has 0 fully saturated rings. The molecule has 1 aromatic heterocycles. The summed E-state index contributed by atoms with van der Waals surface area (Å²) in [6.07, 6.45) is 2.11. The zero-order valence-corrected chi connectivity index (χ0v) is 14.3. The molecule has 2 rings (SSSR count). The van der Waals surface area contributed by atoms with Crippen LogP contribution in [0, 0.1) is 0 Å². The molecule has 1 heterocycles. The molecule has 0 aliphatic carbocycles. The number of carbonyl (C=O) groups is 2. The molecular weight excluding hydrogens is 352 g/mol. The van der Waals surface area contributed by atoms with Gasteiger partial charge in [0.05, 0.1) is 12.2 Å². The van der Waals surface area contributed by atoms with Crippen LogP contribution in [0.25, 0.3) is 0 Å². The van der Waals surface area contributed by atoms with E-state index in [-0.39, 0.29) is 17.2 Å². The first kappa shape index (κ1) is 18.1. The predicted octanol–water partition coefficient (Wildman–Crippen LogP) is 2.00. The summed E-state index contributed by atoms with van der Waals surface area (Å²) in [6, 6.07) is 6.06. The second-order valence-corrected chi connectivity index (χ2v) is 7.18. The number of nitrogens with zero attached hydrogens (tertiary/aromatic N) is 1. The first-order chi connectivity index (χ1) is 11.5. The van der Waals surface area contributed by atoms with E-state index in [1.807, 2.05) is 0 Å². The van der Waals surface area contributed by atoms with Crippen LogP contribution in [0.5, 0.6) is 5.75 Å². The van der Waals surface area contributed by atoms with Crippen molar-refractivity contribution < 1.29 is 23.6 Å². The van der Waals surface area contributed by atoms with E-state index >= 15 is 0 Å². The Morgan fingerprint density at radius 2 is 2.04 bits per heavy atom. The Morgan fingerprint density at radius 3 is 2.67 bits per heavy atom. The fraction of sp³-hybridized carbons (Fsp3) is 0.267. The van der Waals surface area contributed by atoms with E-state index in [0.29, 0.717) is 29.7 Å². The minimum atomic E-state index is -1.27. The van der Waals surface area contributed by atoms with E-state index in [9.17, 15) is 13.8 Å². The number of anilines is 1. The number of aromatic carboxylic acids is 1. The maximum absolute atomic E-state index is 11.8. The molecule has 1 aromatic carbocycles. The predicted molar refractivity (Wildman–Crippen MR) is 92.1 cm³/mol. The molecule has 9 heteroatoms. The number of benzene rings is 1. The van der Waals surface area contributed by atoms with Gasteiger partial charge in [-0.1, -0.05) is 0 Å². The van der Waals surface area contributed by atoms with Crippen LogP contribution in [-0.2, 0) is 15.6 Å². The molecule has 1 amide bonds. The molecule has 0 bridgehead atoms. The quantitative estimate of drug-likeness (QED) is 0.656. The lowest BCUT2D eigenvalue weighted by molar-refractivity contribution is -0.113. The first-order valence-electron chi connectivity index (χ1n) is 7.05. The van der Waals surface area contributed by atoms with Crippen LogP contribution in [0.3, 0.4) is 0 Å².